The van der Waals surface area contributed by atoms with Gasteiger partial charge in [-0.05, 0) is 20.3 Å². The van der Waals surface area contributed by atoms with Crippen molar-refractivity contribution in [2.45, 2.75) is 32.1 Å². The summed E-state index contributed by atoms with van der Waals surface area (Å²) in [6.07, 6.45) is 0.555. The van der Waals surface area contributed by atoms with Crippen LogP contribution in [0, 0.1) is 5.41 Å². The highest BCUT2D eigenvalue weighted by Crippen LogP contribution is 2.51. The second-order valence-corrected chi connectivity index (χ2v) is 7.30. The Morgan fingerprint density at radius 1 is 1.30 bits per heavy atom. The van der Waals surface area contributed by atoms with Gasteiger partial charge in [0.25, 0.3) is 0 Å². The molecular formula is C14H14O8S. The van der Waals surface area contributed by atoms with Crippen molar-refractivity contribution in [3.05, 3.63) is 6.07 Å². The zero-order valence-corrected chi connectivity index (χ0v) is 13.5. The molecule has 0 aliphatic carbocycles. The summed E-state index contributed by atoms with van der Waals surface area (Å²) < 4.78 is 43.1. The quantitative estimate of drug-likeness (QED) is 0.460. The molecule has 0 saturated carbocycles. The molecule has 9 heteroatoms. The van der Waals surface area contributed by atoms with Gasteiger partial charge in [-0.3, -0.25) is 4.79 Å². The molecule has 0 spiro atoms. The highest BCUT2D eigenvalue weighted by molar-refractivity contribution is 7.87. The molecule has 0 radical (unpaired) electrons. The fourth-order valence-corrected chi connectivity index (χ4v) is 3.05. The molecule has 8 nitrogen and oxygen atoms in total. The van der Waals surface area contributed by atoms with Gasteiger partial charge in [-0.25, -0.2) is 4.79 Å². The molecule has 0 N–H and O–H groups in total. The largest absolute Gasteiger partial charge is 0.453 e. The van der Waals surface area contributed by atoms with E-state index in [1.807, 2.05) is 6.92 Å². The van der Waals surface area contributed by atoms with Crippen molar-refractivity contribution in [2.75, 3.05) is 6.61 Å². The number of ether oxygens (including phenoxy) is 2. The predicted molar refractivity (Wildman–Crippen MR) is 75.9 cm³/mol. The summed E-state index contributed by atoms with van der Waals surface area (Å²) in [6, 6.07) is 1.22. The van der Waals surface area contributed by atoms with Gasteiger partial charge in [0.2, 0.25) is 11.5 Å². The maximum absolute atomic E-state index is 11.8. The summed E-state index contributed by atoms with van der Waals surface area (Å²) in [5.74, 6) is -1.66. The van der Waals surface area contributed by atoms with E-state index in [0.717, 1.165) is 0 Å². The van der Waals surface area contributed by atoms with Crippen LogP contribution in [0.25, 0.3) is 11.2 Å². The first-order valence-electron chi connectivity index (χ1n) is 6.87. The minimum atomic E-state index is -3.90. The average Bonchev–Trinajstić information content (AvgIpc) is 3.08. The van der Waals surface area contributed by atoms with Crippen molar-refractivity contribution in [3.63, 3.8) is 0 Å². The third-order valence-corrected chi connectivity index (χ3v) is 5.00. The van der Waals surface area contributed by atoms with Gasteiger partial charge in [0.05, 0.1) is 5.41 Å². The number of hydrogen-bond donors (Lipinski definition) is 0. The second kappa shape index (κ2) is 4.85. The van der Waals surface area contributed by atoms with Crippen molar-refractivity contribution >= 4 is 33.2 Å². The molecule has 0 fully saturated rings. The Hall–Kier alpha value is -2.29. The summed E-state index contributed by atoms with van der Waals surface area (Å²) in [6.45, 7) is 4.63. The molecule has 124 valence electrons. The molecule has 2 aromatic rings. The third kappa shape index (κ3) is 2.40. The number of fused-ring (bicyclic) bond motifs is 1. The van der Waals surface area contributed by atoms with Gasteiger partial charge in [0, 0.05) is 6.07 Å². The Morgan fingerprint density at radius 2 is 2.00 bits per heavy atom. The van der Waals surface area contributed by atoms with E-state index in [2.05, 4.69) is 0 Å². The van der Waals surface area contributed by atoms with Crippen LogP contribution in [-0.2, 0) is 24.4 Å². The minimum absolute atomic E-state index is 0.0203. The van der Waals surface area contributed by atoms with Crippen molar-refractivity contribution in [1.82, 2.24) is 0 Å². The number of furan rings is 2. The molecule has 3 heterocycles. The van der Waals surface area contributed by atoms with Crippen LogP contribution < -0.4 is 8.92 Å². The first-order chi connectivity index (χ1) is 10.7. The summed E-state index contributed by atoms with van der Waals surface area (Å²) in [7, 11) is -3.90. The first kappa shape index (κ1) is 15.6. The van der Waals surface area contributed by atoms with Crippen LogP contribution >= 0.6 is 0 Å². The van der Waals surface area contributed by atoms with Gasteiger partial charge in [-0.15, -0.1) is 0 Å². The first-order valence-corrected chi connectivity index (χ1v) is 8.28. The van der Waals surface area contributed by atoms with Crippen molar-refractivity contribution < 1.29 is 36.1 Å². The maximum Gasteiger partial charge on any atom is 0.349 e. The molecule has 1 aliphatic rings. The monoisotopic (exact) mass is 342 g/mol. The molecular weight excluding hydrogens is 328 g/mol. The molecule has 23 heavy (non-hydrogen) atoms. The van der Waals surface area contributed by atoms with Crippen LogP contribution in [-0.4, -0.2) is 27.0 Å². The van der Waals surface area contributed by atoms with Crippen molar-refractivity contribution in [1.29, 1.82) is 0 Å². The zero-order chi connectivity index (χ0) is 17.0. The standard InChI is InChI=1S/C14H14O8S/c1-4-14(2,3)13(16)19-6-9(15)21-10-7-5-8-11(20-7)12(10)22-23(8,17)18/h5H,4,6H2,1-3H3. The Morgan fingerprint density at radius 3 is 2.65 bits per heavy atom. The molecule has 1 aliphatic heterocycles. The third-order valence-electron chi connectivity index (χ3n) is 3.77. The Kier molecular flexibility index (Phi) is 3.29. The Balaban J connectivity index is 1.68. The van der Waals surface area contributed by atoms with Crippen molar-refractivity contribution in [2.24, 2.45) is 5.41 Å². The van der Waals surface area contributed by atoms with Gasteiger partial charge >= 0.3 is 22.1 Å². The van der Waals surface area contributed by atoms with E-state index in [-0.39, 0.29) is 27.6 Å². The zero-order valence-electron chi connectivity index (χ0n) is 12.7. The Labute approximate surface area is 131 Å². The normalized spacial score (nSPS) is 15.6. The Bertz CT molecular complexity index is 889. The SMILES string of the molecule is CCC(C)(C)C(=O)OCC(=O)Oc1c2c3oc1cc3S(=O)(=O)O2. The lowest BCUT2D eigenvalue weighted by Crippen LogP contribution is -2.29. The van der Waals surface area contributed by atoms with E-state index >= 15 is 0 Å². The number of esters is 2. The van der Waals surface area contributed by atoms with Crippen molar-refractivity contribution in [3.8, 4) is 11.5 Å². The second-order valence-electron chi connectivity index (χ2n) is 5.79. The highest BCUT2D eigenvalue weighted by atomic mass is 32.2. The lowest BCUT2D eigenvalue weighted by Gasteiger charge is -2.19. The van der Waals surface area contributed by atoms with E-state index in [0.29, 0.717) is 6.42 Å². The lowest BCUT2D eigenvalue weighted by molar-refractivity contribution is -0.161. The molecule has 0 amide bonds. The van der Waals surface area contributed by atoms with E-state index in [9.17, 15) is 18.0 Å². The smallest absolute Gasteiger partial charge is 0.349 e. The summed E-state index contributed by atoms with van der Waals surface area (Å²) >= 11 is 0. The number of rotatable bonds is 5. The van der Waals surface area contributed by atoms with Gasteiger partial charge in [0.15, 0.2) is 22.7 Å². The summed E-state index contributed by atoms with van der Waals surface area (Å²) in [4.78, 5) is 23.5. The van der Waals surface area contributed by atoms with E-state index in [4.69, 9.17) is 18.1 Å². The van der Waals surface area contributed by atoms with Crippen LogP contribution in [0.5, 0.6) is 11.5 Å². The molecule has 2 aromatic heterocycles. The van der Waals surface area contributed by atoms with Gasteiger partial charge in [-0.1, -0.05) is 6.92 Å². The fraction of sp³-hybridized carbons (Fsp3) is 0.429. The van der Waals surface area contributed by atoms with Gasteiger partial charge in [0.1, 0.15) is 0 Å². The van der Waals surface area contributed by atoms with Gasteiger partial charge < -0.3 is 18.1 Å². The van der Waals surface area contributed by atoms with E-state index in [1.165, 1.54) is 6.07 Å². The predicted octanol–water partition coefficient (Wildman–Crippen LogP) is 1.84. The average molecular weight is 342 g/mol. The summed E-state index contributed by atoms with van der Waals surface area (Å²) in [5, 5.41) is 0. The minimum Gasteiger partial charge on any atom is -0.453 e. The van der Waals surface area contributed by atoms with Crippen LogP contribution in [0.1, 0.15) is 27.2 Å². The molecule has 2 bridgehead atoms. The van der Waals surface area contributed by atoms with Crippen LogP contribution in [0.15, 0.2) is 15.4 Å². The van der Waals surface area contributed by atoms with Crippen LogP contribution in [0.3, 0.4) is 0 Å². The fourth-order valence-electron chi connectivity index (χ4n) is 1.98. The van der Waals surface area contributed by atoms with E-state index < -0.39 is 34.1 Å². The highest BCUT2D eigenvalue weighted by Gasteiger charge is 2.41. The molecule has 3 rings (SSSR count). The summed E-state index contributed by atoms with van der Waals surface area (Å²) in [5.41, 5.74) is -0.602. The number of carbonyl (C=O) groups is 2. The van der Waals surface area contributed by atoms with Gasteiger partial charge in [-0.2, -0.15) is 8.42 Å². The molecule has 0 saturated heterocycles. The molecule has 0 unspecified atom stereocenters. The molecule has 0 atom stereocenters. The number of hydrogen-bond acceptors (Lipinski definition) is 8. The number of benzene rings is 1. The lowest BCUT2D eigenvalue weighted by atomic mass is 9.91. The topological polar surface area (TPSA) is 109 Å². The van der Waals surface area contributed by atoms with E-state index in [1.54, 1.807) is 13.8 Å². The number of carbonyl (C=O) groups excluding carboxylic acids is 2. The molecule has 0 aromatic carbocycles. The maximum atomic E-state index is 11.8. The van der Waals surface area contributed by atoms with Crippen LogP contribution in [0.2, 0.25) is 0 Å². The van der Waals surface area contributed by atoms with Crippen LogP contribution in [0.4, 0.5) is 0 Å².